The van der Waals surface area contributed by atoms with E-state index in [4.69, 9.17) is 33.0 Å². The molecule has 10 heteroatoms. The van der Waals surface area contributed by atoms with Crippen LogP contribution >= 0.6 is 34.5 Å². The molecule has 146 valence electrons. The zero-order valence-corrected chi connectivity index (χ0v) is 17.4. The maximum atomic E-state index is 12.8. The van der Waals surface area contributed by atoms with E-state index in [1.165, 1.54) is 18.2 Å². The minimum Gasteiger partial charge on any atom is -0.449 e. The number of hydrogen-bond acceptors (Lipinski definition) is 5. The fourth-order valence-corrected chi connectivity index (χ4v) is 5.41. The molecular weight excluding hydrogens is 445 g/mol. The standard InChI is InChI=1S/C18H13Cl2NO5S2/c1-10-4-2-3-5-16(10)28(24,25)21-14-9-15(27-17(14)26-18(22)23)12-7-6-11(19)8-13(12)20/h2-9,21H,1H3,(H,22,23). The molecule has 0 radical (unpaired) electrons. The zero-order valence-electron chi connectivity index (χ0n) is 14.3. The van der Waals surface area contributed by atoms with Crippen LogP contribution in [0.1, 0.15) is 5.56 Å². The average molecular weight is 458 g/mol. The summed E-state index contributed by atoms with van der Waals surface area (Å²) in [4.78, 5) is 11.6. The topological polar surface area (TPSA) is 92.7 Å². The Labute approximate surface area is 175 Å². The van der Waals surface area contributed by atoms with Crippen molar-refractivity contribution in [1.82, 2.24) is 0 Å². The number of aryl methyl sites for hydroxylation is 1. The van der Waals surface area contributed by atoms with Crippen LogP contribution in [0.3, 0.4) is 0 Å². The summed E-state index contributed by atoms with van der Waals surface area (Å²) >= 11 is 13.1. The summed E-state index contributed by atoms with van der Waals surface area (Å²) in [6.45, 7) is 1.66. The second-order valence-corrected chi connectivity index (χ2v) is 9.18. The third-order valence-electron chi connectivity index (χ3n) is 3.70. The number of nitrogens with one attached hydrogen (secondary N) is 1. The highest BCUT2D eigenvalue weighted by atomic mass is 35.5. The van der Waals surface area contributed by atoms with E-state index in [9.17, 15) is 13.2 Å². The number of thiophene rings is 1. The van der Waals surface area contributed by atoms with Gasteiger partial charge in [-0.15, -0.1) is 0 Å². The van der Waals surface area contributed by atoms with E-state index in [0.717, 1.165) is 11.3 Å². The first-order valence-electron chi connectivity index (χ1n) is 7.76. The van der Waals surface area contributed by atoms with Crippen LogP contribution in [0.5, 0.6) is 5.06 Å². The Morgan fingerprint density at radius 3 is 2.50 bits per heavy atom. The molecule has 0 saturated heterocycles. The number of carboxylic acid groups (broad SMARTS) is 1. The third-order valence-corrected chi connectivity index (χ3v) is 6.82. The van der Waals surface area contributed by atoms with Crippen LogP contribution in [0.2, 0.25) is 10.0 Å². The molecule has 1 aromatic heterocycles. The highest BCUT2D eigenvalue weighted by molar-refractivity contribution is 7.92. The molecule has 0 fully saturated rings. The van der Waals surface area contributed by atoms with Crippen LogP contribution < -0.4 is 9.46 Å². The molecule has 0 unspecified atom stereocenters. The maximum absolute atomic E-state index is 12.8. The van der Waals surface area contributed by atoms with Crippen molar-refractivity contribution in [3.8, 4) is 15.5 Å². The van der Waals surface area contributed by atoms with Gasteiger partial charge in [-0.3, -0.25) is 4.72 Å². The normalized spacial score (nSPS) is 11.2. The van der Waals surface area contributed by atoms with Gasteiger partial charge < -0.3 is 9.84 Å². The van der Waals surface area contributed by atoms with Gasteiger partial charge in [-0.05, 0) is 36.8 Å². The van der Waals surface area contributed by atoms with E-state index >= 15 is 0 Å². The van der Waals surface area contributed by atoms with Gasteiger partial charge in [0.25, 0.3) is 10.0 Å². The van der Waals surface area contributed by atoms with E-state index in [1.54, 1.807) is 37.3 Å². The average Bonchev–Trinajstić information content (AvgIpc) is 2.95. The quantitative estimate of drug-likeness (QED) is 0.466. The molecule has 2 N–H and O–H groups in total. The Kier molecular flexibility index (Phi) is 5.85. The minimum atomic E-state index is -3.96. The minimum absolute atomic E-state index is 0.00308. The van der Waals surface area contributed by atoms with Crippen LogP contribution in [0, 0.1) is 6.92 Å². The molecule has 0 atom stereocenters. The summed E-state index contributed by atoms with van der Waals surface area (Å²) in [5, 5.41) is 9.64. The number of halogens is 2. The Morgan fingerprint density at radius 2 is 1.86 bits per heavy atom. The SMILES string of the molecule is Cc1ccccc1S(=O)(=O)Nc1cc(-c2ccc(Cl)cc2Cl)sc1OC(=O)O. The van der Waals surface area contributed by atoms with Gasteiger partial charge in [0.1, 0.15) is 5.69 Å². The lowest BCUT2D eigenvalue weighted by Crippen LogP contribution is -2.15. The summed E-state index contributed by atoms with van der Waals surface area (Å²) in [6, 6.07) is 12.7. The van der Waals surface area contributed by atoms with Crippen LogP contribution in [0.25, 0.3) is 10.4 Å². The van der Waals surface area contributed by atoms with Crippen molar-refractivity contribution in [2.45, 2.75) is 11.8 Å². The molecule has 0 saturated carbocycles. The molecule has 0 bridgehead atoms. The first-order chi connectivity index (χ1) is 13.2. The molecule has 0 aliphatic heterocycles. The number of ether oxygens (including phenoxy) is 1. The van der Waals surface area contributed by atoms with Crippen LogP contribution in [-0.2, 0) is 10.0 Å². The monoisotopic (exact) mass is 457 g/mol. The lowest BCUT2D eigenvalue weighted by atomic mass is 10.2. The van der Waals surface area contributed by atoms with Crippen molar-refractivity contribution in [3.05, 3.63) is 64.1 Å². The molecule has 0 aliphatic carbocycles. The van der Waals surface area contributed by atoms with Crippen LogP contribution in [0.15, 0.2) is 53.4 Å². The summed E-state index contributed by atoms with van der Waals surface area (Å²) < 4.78 is 32.7. The maximum Gasteiger partial charge on any atom is 0.512 e. The second kappa shape index (κ2) is 8.00. The van der Waals surface area contributed by atoms with Gasteiger partial charge in [0.15, 0.2) is 0 Å². The van der Waals surface area contributed by atoms with Crippen molar-refractivity contribution in [1.29, 1.82) is 0 Å². The van der Waals surface area contributed by atoms with Gasteiger partial charge in [0.05, 0.1) is 9.92 Å². The predicted molar refractivity (Wildman–Crippen MR) is 110 cm³/mol. The first kappa shape index (κ1) is 20.5. The molecule has 2 aromatic carbocycles. The van der Waals surface area contributed by atoms with Gasteiger partial charge in [-0.25, -0.2) is 13.2 Å². The smallest absolute Gasteiger partial charge is 0.449 e. The summed E-state index contributed by atoms with van der Waals surface area (Å²) in [7, 11) is -3.96. The van der Waals surface area contributed by atoms with E-state index in [2.05, 4.69) is 4.72 Å². The van der Waals surface area contributed by atoms with E-state index in [-0.39, 0.29) is 15.6 Å². The van der Waals surface area contributed by atoms with E-state index in [0.29, 0.717) is 26.0 Å². The molecule has 0 spiro atoms. The van der Waals surface area contributed by atoms with Crippen molar-refractivity contribution < 1.29 is 23.1 Å². The molecule has 1 heterocycles. The van der Waals surface area contributed by atoms with Gasteiger partial charge in [0, 0.05) is 15.5 Å². The van der Waals surface area contributed by atoms with Crippen LogP contribution in [0.4, 0.5) is 10.5 Å². The van der Waals surface area contributed by atoms with Crippen molar-refractivity contribution in [2.24, 2.45) is 0 Å². The Balaban J connectivity index is 2.06. The number of benzene rings is 2. The third kappa shape index (κ3) is 4.41. The Hall–Kier alpha value is -2.26. The van der Waals surface area contributed by atoms with Gasteiger partial charge in [0.2, 0.25) is 5.06 Å². The van der Waals surface area contributed by atoms with Gasteiger partial charge in [-0.1, -0.05) is 58.8 Å². The van der Waals surface area contributed by atoms with Crippen molar-refractivity contribution in [3.63, 3.8) is 0 Å². The summed E-state index contributed by atoms with van der Waals surface area (Å²) in [5.74, 6) is 0. The Bertz CT molecular complexity index is 1160. The number of carbonyl (C=O) groups is 1. The fourth-order valence-electron chi connectivity index (χ4n) is 2.48. The molecule has 6 nitrogen and oxygen atoms in total. The van der Waals surface area contributed by atoms with Crippen LogP contribution in [-0.4, -0.2) is 19.7 Å². The van der Waals surface area contributed by atoms with E-state index in [1.807, 2.05) is 0 Å². The molecule has 28 heavy (non-hydrogen) atoms. The number of sulfonamides is 1. The summed E-state index contributed by atoms with van der Waals surface area (Å²) in [5.41, 5.74) is 1.11. The predicted octanol–water partition coefficient (Wildman–Crippen LogP) is 5.89. The lowest BCUT2D eigenvalue weighted by molar-refractivity contribution is 0.146. The highest BCUT2D eigenvalue weighted by Gasteiger charge is 2.23. The first-order valence-corrected chi connectivity index (χ1v) is 10.8. The van der Waals surface area contributed by atoms with Gasteiger partial charge in [-0.2, -0.15) is 0 Å². The molecule has 3 rings (SSSR count). The second-order valence-electron chi connectivity index (χ2n) is 5.67. The zero-order chi connectivity index (χ0) is 20.5. The molecule has 0 aliphatic rings. The highest BCUT2D eigenvalue weighted by Crippen LogP contribution is 2.44. The summed E-state index contributed by atoms with van der Waals surface area (Å²) in [6.07, 6.45) is -1.56. The van der Waals surface area contributed by atoms with Crippen molar-refractivity contribution in [2.75, 3.05) is 4.72 Å². The lowest BCUT2D eigenvalue weighted by Gasteiger charge is -2.10. The van der Waals surface area contributed by atoms with Crippen molar-refractivity contribution >= 4 is 56.4 Å². The molecule has 0 amide bonds. The largest absolute Gasteiger partial charge is 0.512 e. The number of rotatable bonds is 5. The number of anilines is 1. The molecular formula is C18H13Cl2NO5S2. The molecule has 3 aromatic rings. The Morgan fingerprint density at radius 1 is 1.14 bits per heavy atom. The van der Waals surface area contributed by atoms with E-state index < -0.39 is 16.2 Å². The fraction of sp³-hybridized carbons (Fsp3) is 0.0556. The number of hydrogen-bond donors (Lipinski definition) is 2. The van der Waals surface area contributed by atoms with Gasteiger partial charge >= 0.3 is 6.16 Å².